The lowest BCUT2D eigenvalue weighted by molar-refractivity contribution is 0.0999. The molecule has 1 aromatic heterocycles. The van der Waals surface area contributed by atoms with Gasteiger partial charge in [0.2, 0.25) is 5.91 Å². The minimum Gasteiger partial charge on any atom is -0.377 e. The number of rotatable bonds is 8. The second kappa shape index (κ2) is 8.17. The van der Waals surface area contributed by atoms with Gasteiger partial charge in [0.15, 0.2) is 0 Å². The maximum atomic E-state index is 11.1. The molecule has 0 unspecified atom stereocenters. The number of primary amides is 1. The second-order valence-corrected chi connectivity index (χ2v) is 4.94. The van der Waals surface area contributed by atoms with Crippen molar-refractivity contribution in [1.82, 2.24) is 4.98 Å². The minimum absolute atomic E-state index is 0.435. The van der Waals surface area contributed by atoms with Crippen LogP contribution in [0.1, 0.15) is 34.3 Å². The van der Waals surface area contributed by atoms with E-state index in [4.69, 9.17) is 10.5 Å². The molecule has 1 heterocycles. The van der Waals surface area contributed by atoms with Crippen molar-refractivity contribution in [2.45, 2.75) is 25.9 Å². The number of carbonyl (C=O) groups is 1. The average Bonchev–Trinajstić information content (AvgIpc) is 2.52. The number of nitrogens with two attached hydrogens (primary N) is 1. The molecule has 0 bridgehead atoms. The van der Waals surface area contributed by atoms with Crippen molar-refractivity contribution in [2.24, 2.45) is 5.73 Å². The highest BCUT2D eigenvalue weighted by Gasteiger charge is 2.02. The van der Waals surface area contributed by atoms with Crippen molar-refractivity contribution in [3.05, 3.63) is 65.5 Å². The Kier molecular flexibility index (Phi) is 5.91. The van der Waals surface area contributed by atoms with Crippen LogP contribution in [0.3, 0.4) is 0 Å². The largest absolute Gasteiger partial charge is 0.377 e. The summed E-state index contributed by atoms with van der Waals surface area (Å²) in [5, 5.41) is 0. The van der Waals surface area contributed by atoms with Crippen LogP contribution in [0.5, 0.6) is 0 Å². The van der Waals surface area contributed by atoms with E-state index in [1.54, 1.807) is 12.3 Å². The number of nitrogens with zero attached hydrogens (tertiary/aromatic N) is 1. The molecule has 2 N–H and O–H groups in total. The predicted molar refractivity (Wildman–Crippen MR) is 81.8 cm³/mol. The number of aromatic nitrogens is 1. The molecule has 0 radical (unpaired) electrons. The van der Waals surface area contributed by atoms with Gasteiger partial charge in [-0.3, -0.25) is 9.78 Å². The van der Waals surface area contributed by atoms with Crippen LogP contribution in [-0.4, -0.2) is 17.5 Å². The highest BCUT2D eigenvalue weighted by molar-refractivity contribution is 5.92. The van der Waals surface area contributed by atoms with Gasteiger partial charge < -0.3 is 10.5 Å². The van der Waals surface area contributed by atoms with Crippen LogP contribution < -0.4 is 5.73 Å². The molecule has 0 fully saturated rings. The third-order valence-electron chi connectivity index (χ3n) is 3.20. The Morgan fingerprint density at radius 1 is 1.10 bits per heavy atom. The summed E-state index contributed by atoms with van der Waals surface area (Å²) in [7, 11) is 0. The minimum atomic E-state index is -0.435. The average molecular weight is 284 g/mol. The van der Waals surface area contributed by atoms with Crippen LogP contribution in [0.2, 0.25) is 0 Å². The Bertz CT molecular complexity index is 570. The van der Waals surface area contributed by atoms with E-state index >= 15 is 0 Å². The number of amides is 1. The summed E-state index contributed by atoms with van der Waals surface area (Å²) in [5.41, 5.74) is 7.93. The van der Waals surface area contributed by atoms with Gasteiger partial charge in [0.05, 0.1) is 12.2 Å². The van der Waals surface area contributed by atoms with Crippen LogP contribution in [0.4, 0.5) is 0 Å². The number of hydrogen-bond donors (Lipinski definition) is 1. The summed E-state index contributed by atoms with van der Waals surface area (Å²) >= 11 is 0. The Labute approximate surface area is 125 Å². The predicted octanol–water partition coefficient (Wildman–Crippen LogP) is 2.72. The zero-order chi connectivity index (χ0) is 14.9. The van der Waals surface area contributed by atoms with Crippen molar-refractivity contribution in [3.8, 4) is 0 Å². The van der Waals surface area contributed by atoms with Gasteiger partial charge in [0.25, 0.3) is 0 Å². The molecular weight excluding hydrogens is 264 g/mol. The zero-order valence-electron chi connectivity index (χ0n) is 12.0. The van der Waals surface area contributed by atoms with Gasteiger partial charge in [-0.05, 0) is 36.5 Å². The summed E-state index contributed by atoms with van der Waals surface area (Å²) in [6, 6.07) is 11.9. The Balaban J connectivity index is 1.64. The van der Waals surface area contributed by atoms with Crippen LogP contribution >= 0.6 is 0 Å². The topological polar surface area (TPSA) is 65.2 Å². The Morgan fingerprint density at radius 3 is 2.67 bits per heavy atom. The third-order valence-corrected chi connectivity index (χ3v) is 3.20. The fraction of sp³-hybridized carbons (Fsp3) is 0.294. The third kappa shape index (κ3) is 5.36. The van der Waals surface area contributed by atoms with E-state index in [0.29, 0.717) is 12.2 Å². The lowest BCUT2D eigenvalue weighted by Crippen LogP contribution is -2.11. The fourth-order valence-electron chi connectivity index (χ4n) is 2.06. The first-order chi connectivity index (χ1) is 10.3. The number of pyridine rings is 1. The summed E-state index contributed by atoms with van der Waals surface area (Å²) in [6.07, 6.45) is 6.13. The van der Waals surface area contributed by atoms with Gasteiger partial charge in [0.1, 0.15) is 0 Å². The van der Waals surface area contributed by atoms with Crippen molar-refractivity contribution < 1.29 is 9.53 Å². The molecular formula is C17H20N2O2. The zero-order valence-corrected chi connectivity index (χ0v) is 12.0. The quantitative estimate of drug-likeness (QED) is 0.758. The highest BCUT2D eigenvalue weighted by Crippen LogP contribution is 2.07. The summed E-state index contributed by atoms with van der Waals surface area (Å²) in [4.78, 5) is 15.1. The normalized spacial score (nSPS) is 10.5. The van der Waals surface area contributed by atoms with Crippen molar-refractivity contribution >= 4 is 5.91 Å². The molecule has 2 aromatic rings. The van der Waals surface area contributed by atoms with Gasteiger partial charge in [-0.25, -0.2) is 0 Å². The van der Waals surface area contributed by atoms with E-state index in [1.165, 1.54) is 11.8 Å². The summed E-state index contributed by atoms with van der Waals surface area (Å²) in [6.45, 7) is 1.39. The molecule has 0 aliphatic heterocycles. The smallest absolute Gasteiger partial charge is 0.250 e. The van der Waals surface area contributed by atoms with E-state index in [0.717, 1.165) is 31.4 Å². The molecule has 110 valence electrons. The molecule has 1 amide bonds. The highest BCUT2D eigenvalue weighted by atomic mass is 16.5. The van der Waals surface area contributed by atoms with Gasteiger partial charge >= 0.3 is 0 Å². The lowest BCUT2D eigenvalue weighted by atomic mass is 10.1. The number of unbranched alkanes of at least 4 members (excludes halogenated alkanes) is 1. The number of benzene rings is 1. The first-order valence-electron chi connectivity index (χ1n) is 7.11. The van der Waals surface area contributed by atoms with Gasteiger partial charge in [-0.1, -0.05) is 30.3 Å². The fourth-order valence-corrected chi connectivity index (χ4v) is 2.06. The first kappa shape index (κ1) is 15.2. The van der Waals surface area contributed by atoms with Crippen LogP contribution in [0, 0.1) is 0 Å². The Morgan fingerprint density at radius 2 is 1.90 bits per heavy atom. The van der Waals surface area contributed by atoms with E-state index in [2.05, 4.69) is 17.1 Å². The molecule has 0 saturated heterocycles. The van der Waals surface area contributed by atoms with Crippen molar-refractivity contribution in [2.75, 3.05) is 6.61 Å². The second-order valence-electron chi connectivity index (χ2n) is 4.94. The van der Waals surface area contributed by atoms with Crippen LogP contribution in [0.15, 0.2) is 48.8 Å². The lowest BCUT2D eigenvalue weighted by Gasteiger charge is -2.05. The Hall–Kier alpha value is -2.20. The molecule has 0 aliphatic rings. The first-order valence-corrected chi connectivity index (χ1v) is 7.11. The summed E-state index contributed by atoms with van der Waals surface area (Å²) in [5.74, 6) is -0.435. The van der Waals surface area contributed by atoms with Crippen LogP contribution in [0.25, 0.3) is 0 Å². The molecule has 1 aromatic carbocycles. The molecule has 0 atom stereocenters. The number of aryl methyl sites for hydroxylation is 1. The number of hydrogen-bond acceptors (Lipinski definition) is 3. The van der Waals surface area contributed by atoms with Crippen molar-refractivity contribution in [1.29, 1.82) is 0 Å². The standard InChI is InChI=1S/C17H20N2O2/c18-17(20)16-10-15(11-19-12-16)8-4-5-9-21-13-14-6-2-1-3-7-14/h1-3,6-7,10-12H,4-5,8-9,13H2,(H2,18,20). The van der Waals surface area contributed by atoms with E-state index in [9.17, 15) is 4.79 Å². The molecule has 4 nitrogen and oxygen atoms in total. The molecule has 2 rings (SSSR count). The van der Waals surface area contributed by atoms with Gasteiger partial charge in [-0.15, -0.1) is 0 Å². The maximum Gasteiger partial charge on any atom is 0.250 e. The van der Waals surface area contributed by atoms with E-state index in [-0.39, 0.29) is 0 Å². The monoisotopic (exact) mass is 284 g/mol. The van der Waals surface area contributed by atoms with Crippen LogP contribution in [-0.2, 0) is 17.8 Å². The molecule has 0 spiro atoms. The maximum absolute atomic E-state index is 11.1. The van der Waals surface area contributed by atoms with Gasteiger partial charge in [-0.2, -0.15) is 0 Å². The van der Waals surface area contributed by atoms with Gasteiger partial charge in [0, 0.05) is 19.0 Å². The molecule has 4 heteroatoms. The molecule has 0 saturated carbocycles. The van der Waals surface area contributed by atoms with Crippen molar-refractivity contribution in [3.63, 3.8) is 0 Å². The molecule has 21 heavy (non-hydrogen) atoms. The number of carbonyl (C=O) groups excluding carboxylic acids is 1. The SMILES string of the molecule is NC(=O)c1cncc(CCCCOCc2ccccc2)c1. The van der Waals surface area contributed by atoms with E-state index in [1.807, 2.05) is 18.2 Å². The molecule has 0 aliphatic carbocycles. The number of ether oxygens (including phenoxy) is 1. The summed E-state index contributed by atoms with van der Waals surface area (Å²) < 4.78 is 5.63. The van der Waals surface area contributed by atoms with E-state index < -0.39 is 5.91 Å².